The van der Waals surface area contributed by atoms with E-state index in [0.717, 1.165) is 28.5 Å². The van der Waals surface area contributed by atoms with Crippen LogP contribution in [0.25, 0.3) is 11.0 Å². The summed E-state index contributed by atoms with van der Waals surface area (Å²) in [5.74, 6) is 2.60. The predicted octanol–water partition coefficient (Wildman–Crippen LogP) is 1.90. The average molecular weight is 344 g/mol. The Bertz CT molecular complexity index is 853. The number of hydrogen-bond donors (Lipinski definition) is 1. The molecule has 0 fully saturated rings. The molecule has 0 radical (unpaired) electrons. The molecule has 0 saturated carbocycles. The van der Waals surface area contributed by atoms with Crippen LogP contribution in [0, 0.1) is 0 Å². The second-order valence-electron chi connectivity index (χ2n) is 6.33. The number of nitrogens with one attached hydrogen (secondary N) is 1. The lowest BCUT2D eigenvalue weighted by Crippen LogP contribution is -2.17. The molecule has 0 aromatic carbocycles. The molecule has 3 aromatic rings. The zero-order chi connectivity index (χ0) is 18.0. The summed E-state index contributed by atoms with van der Waals surface area (Å²) in [5.41, 5.74) is 0.814. The van der Waals surface area contributed by atoms with Gasteiger partial charge >= 0.3 is 0 Å². The fraction of sp³-hybridized carbons (Fsp3) is 0.562. The average Bonchev–Trinajstić information content (AvgIpc) is 3.20. The van der Waals surface area contributed by atoms with Gasteiger partial charge in [0, 0.05) is 26.6 Å². The summed E-state index contributed by atoms with van der Waals surface area (Å²) in [6.45, 7) is 7.49. The van der Waals surface area contributed by atoms with Gasteiger partial charge in [0.1, 0.15) is 18.0 Å². The topological polar surface area (TPSA) is 95.6 Å². The largest absolute Gasteiger partial charge is 0.383 e. The maximum atomic E-state index is 5.14. The monoisotopic (exact) mass is 344 g/mol. The lowest BCUT2D eigenvalue weighted by molar-refractivity contribution is 0.186. The molecule has 0 amide bonds. The number of anilines is 1. The summed E-state index contributed by atoms with van der Waals surface area (Å²) in [6.07, 6.45) is 3.50. The van der Waals surface area contributed by atoms with Gasteiger partial charge in [0.25, 0.3) is 0 Å². The summed E-state index contributed by atoms with van der Waals surface area (Å²) >= 11 is 0. The molecule has 1 atom stereocenters. The lowest BCUT2D eigenvalue weighted by Gasteiger charge is -2.17. The molecule has 9 nitrogen and oxygen atoms in total. The van der Waals surface area contributed by atoms with E-state index in [4.69, 9.17) is 9.72 Å². The highest BCUT2D eigenvalue weighted by Crippen LogP contribution is 2.25. The fourth-order valence-corrected chi connectivity index (χ4v) is 2.64. The van der Waals surface area contributed by atoms with Crippen molar-refractivity contribution in [1.82, 2.24) is 34.5 Å². The predicted molar refractivity (Wildman–Crippen MR) is 94.3 cm³/mol. The van der Waals surface area contributed by atoms with Crippen LogP contribution in [0.2, 0.25) is 0 Å². The first-order chi connectivity index (χ1) is 12.0. The van der Waals surface area contributed by atoms with Crippen molar-refractivity contribution in [2.75, 3.05) is 19.0 Å². The highest BCUT2D eigenvalue weighted by molar-refractivity contribution is 5.86. The van der Waals surface area contributed by atoms with E-state index in [1.165, 1.54) is 0 Å². The van der Waals surface area contributed by atoms with E-state index in [1.54, 1.807) is 24.3 Å². The molecule has 0 saturated heterocycles. The van der Waals surface area contributed by atoms with Crippen LogP contribution in [0.15, 0.2) is 12.5 Å². The van der Waals surface area contributed by atoms with Crippen LogP contribution in [0.3, 0.4) is 0 Å². The molecule has 1 N–H and O–H groups in total. The van der Waals surface area contributed by atoms with Gasteiger partial charge in [-0.15, -0.1) is 10.2 Å². The first kappa shape index (κ1) is 17.3. The highest BCUT2D eigenvalue weighted by Gasteiger charge is 2.18. The fourth-order valence-electron chi connectivity index (χ4n) is 2.64. The van der Waals surface area contributed by atoms with Crippen LogP contribution in [0.4, 0.5) is 5.82 Å². The van der Waals surface area contributed by atoms with Gasteiger partial charge in [-0.05, 0) is 6.92 Å². The second-order valence-corrected chi connectivity index (χ2v) is 6.33. The van der Waals surface area contributed by atoms with Crippen LogP contribution >= 0.6 is 0 Å². The molecule has 25 heavy (non-hydrogen) atoms. The zero-order valence-corrected chi connectivity index (χ0v) is 15.3. The summed E-state index contributed by atoms with van der Waals surface area (Å²) in [5, 5.41) is 16.9. The Hall–Kier alpha value is -2.55. The Labute approximate surface area is 146 Å². The van der Waals surface area contributed by atoms with Crippen molar-refractivity contribution in [2.24, 2.45) is 7.05 Å². The third kappa shape index (κ3) is 3.46. The van der Waals surface area contributed by atoms with Crippen LogP contribution < -0.4 is 5.32 Å². The maximum Gasteiger partial charge on any atom is 0.163 e. The summed E-state index contributed by atoms with van der Waals surface area (Å²) in [6, 6.07) is -0.0716. The summed E-state index contributed by atoms with van der Waals surface area (Å²) in [4.78, 5) is 9.32. The van der Waals surface area contributed by atoms with Crippen LogP contribution in [0.1, 0.15) is 44.4 Å². The Morgan fingerprint density at radius 1 is 1.24 bits per heavy atom. The Kier molecular flexibility index (Phi) is 4.93. The van der Waals surface area contributed by atoms with Crippen molar-refractivity contribution >= 4 is 16.9 Å². The molecule has 0 bridgehead atoms. The number of methoxy groups -OCH3 is 1. The molecule has 3 aromatic heterocycles. The number of aryl methyl sites for hydroxylation is 1. The third-order valence-corrected chi connectivity index (χ3v) is 4.05. The SMILES string of the molecule is COCCn1cnnc1C(C)Nc1nc(C(C)C)nc2c1cnn2C. The Balaban J connectivity index is 1.93. The van der Waals surface area contributed by atoms with Gasteiger partial charge in [-0.1, -0.05) is 13.8 Å². The number of nitrogens with zero attached hydrogens (tertiary/aromatic N) is 7. The van der Waals surface area contributed by atoms with Gasteiger partial charge in [0.2, 0.25) is 0 Å². The van der Waals surface area contributed by atoms with Gasteiger partial charge in [0.15, 0.2) is 11.5 Å². The quantitative estimate of drug-likeness (QED) is 0.699. The Morgan fingerprint density at radius 2 is 2.04 bits per heavy atom. The summed E-state index contributed by atoms with van der Waals surface area (Å²) in [7, 11) is 3.56. The number of aromatic nitrogens is 7. The molecule has 1 unspecified atom stereocenters. The second kappa shape index (κ2) is 7.14. The smallest absolute Gasteiger partial charge is 0.163 e. The molecule has 0 aliphatic carbocycles. The normalized spacial score (nSPS) is 12.9. The van der Waals surface area contributed by atoms with E-state index in [0.29, 0.717) is 13.2 Å². The van der Waals surface area contributed by atoms with Gasteiger partial charge in [0.05, 0.1) is 24.2 Å². The molecule has 0 spiro atoms. The standard InChI is InChI=1S/C16H24N8O/c1-10(2)13-20-14(12-8-18-23(4)16(12)21-13)19-11(3)15-22-17-9-24(15)6-7-25-5/h8-11H,6-7H2,1-5H3,(H,19,20,21). The van der Waals surface area contributed by atoms with Crippen molar-refractivity contribution in [3.63, 3.8) is 0 Å². The van der Waals surface area contributed by atoms with Crippen molar-refractivity contribution in [3.8, 4) is 0 Å². The van der Waals surface area contributed by atoms with Gasteiger partial charge in [-0.25, -0.2) is 9.97 Å². The van der Waals surface area contributed by atoms with E-state index in [9.17, 15) is 0 Å². The minimum Gasteiger partial charge on any atom is -0.383 e. The number of ether oxygens (including phenoxy) is 1. The van der Waals surface area contributed by atoms with Crippen molar-refractivity contribution in [3.05, 3.63) is 24.2 Å². The molecular formula is C16H24N8O. The van der Waals surface area contributed by atoms with E-state index in [2.05, 4.69) is 39.4 Å². The van der Waals surface area contributed by atoms with Crippen LogP contribution in [0.5, 0.6) is 0 Å². The molecule has 0 aliphatic rings. The van der Waals surface area contributed by atoms with E-state index in [-0.39, 0.29) is 12.0 Å². The van der Waals surface area contributed by atoms with Gasteiger partial charge in [-0.2, -0.15) is 5.10 Å². The Morgan fingerprint density at radius 3 is 2.76 bits per heavy atom. The number of fused-ring (bicyclic) bond motifs is 1. The molecule has 134 valence electrons. The maximum absolute atomic E-state index is 5.14. The van der Waals surface area contributed by atoms with Gasteiger partial charge in [-0.3, -0.25) is 4.68 Å². The van der Waals surface area contributed by atoms with Gasteiger partial charge < -0.3 is 14.6 Å². The number of rotatable bonds is 7. The number of hydrogen-bond acceptors (Lipinski definition) is 7. The van der Waals surface area contributed by atoms with Crippen molar-refractivity contribution in [2.45, 2.75) is 39.3 Å². The zero-order valence-electron chi connectivity index (χ0n) is 15.3. The van der Waals surface area contributed by atoms with E-state index < -0.39 is 0 Å². The highest BCUT2D eigenvalue weighted by atomic mass is 16.5. The molecule has 9 heteroatoms. The molecule has 3 rings (SSSR count). The van der Waals surface area contributed by atoms with Crippen molar-refractivity contribution < 1.29 is 4.74 Å². The van der Waals surface area contributed by atoms with E-state index in [1.807, 2.05) is 18.5 Å². The first-order valence-electron chi connectivity index (χ1n) is 8.34. The third-order valence-electron chi connectivity index (χ3n) is 4.05. The lowest BCUT2D eigenvalue weighted by atomic mass is 10.2. The molecule has 3 heterocycles. The van der Waals surface area contributed by atoms with Crippen LogP contribution in [-0.4, -0.2) is 48.2 Å². The minimum atomic E-state index is -0.0716. The molecular weight excluding hydrogens is 320 g/mol. The van der Waals surface area contributed by atoms with Crippen LogP contribution in [-0.2, 0) is 18.3 Å². The van der Waals surface area contributed by atoms with Crippen molar-refractivity contribution in [1.29, 1.82) is 0 Å². The molecule has 0 aliphatic heterocycles. The summed E-state index contributed by atoms with van der Waals surface area (Å²) < 4.78 is 8.88. The van der Waals surface area contributed by atoms with E-state index >= 15 is 0 Å². The minimum absolute atomic E-state index is 0.0716. The first-order valence-corrected chi connectivity index (χ1v) is 8.34.